The fourth-order valence-corrected chi connectivity index (χ4v) is 2.68. The van der Waals surface area contributed by atoms with Gasteiger partial charge in [0.05, 0.1) is 0 Å². The molecule has 0 saturated carbocycles. The van der Waals surface area contributed by atoms with Gasteiger partial charge in [-0.05, 0) is 17.7 Å². The number of rotatable bonds is 5. The number of carbonyl (C=O) groups is 1. The maximum Gasteiger partial charge on any atom is 0.336 e. The number of nitrogens with two attached hydrogens (primary N) is 1. The van der Waals surface area contributed by atoms with Crippen LogP contribution in [0.1, 0.15) is 5.56 Å². The number of carboxylic acids is 1. The summed E-state index contributed by atoms with van der Waals surface area (Å²) in [5.41, 5.74) is 5.92. The minimum absolute atomic E-state index is 0.0124. The molecule has 1 heterocycles. The second-order valence-electron chi connectivity index (χ2n) is 4.23. The third-order valence-corrected chi connectivity index (χ3v) is 3.80. The minimum Gasteiger partial charge on any atom is -0.508 e. The van der Waals surface area contributed by atoms with Gasteiger partial charge in [-0.1, -0.05) is 0 Å². The minimum atomic E-state index is -1.06. The Morgan fingerprint density at radius 1 is 1.40 bits per heavy atom. The Bertz CT molecular complexity index is 697. The Labute approximate surface area is 118 Å². The van der Waals surface area contributed by atoms with Gasteiger partial charge in [-0.2, -0.15) is 11.8 Å². The summed E-state index contributed by atoms with van der Waals surface area (Å²) in [7, 11) is 0. The van der Waals surface area contributed by atoms with Gasteiger partial charge < -0.3 is 20.4 Å². The van der Waals surface area contributed by atoms with Crippen LogP contribution in [-0.4, -0.2) is 28.0 Å². The summed E-state index contributed by atoms with van der Waals surface area (Å²) in [5, 5.41) is 18.8. The van der Waals surface area contributed by atoms with E-state index in [2.05, 4.69) is 0 Å². The largest absolute Gasteiger partial charge is 0.508 e. The first-order chi connectivity index (χ1) is 9.47. The number of hydrogen-bond donors (Lipinski definition) is 3. The average Bonchev–Trinajstić information content (AvgIpc) is 2.37. The Morgan fingerprint density at radius 3 is 2.85 bits per heavy atom. The first kappa shape index (κ1) is 14.4. The summed E-state index contributed by atoms with van der Waals surface area (Å²) < 4.78 is 5.01. The molecule has 20 heavy (non-hydrogen) atoms. The summed E-state index contributed by atoms with van der Waals surface area (Å²) in [6, 6.07) is 4.95. The monoisotopic (exact) mass is 295 g/mol. The van der Waals surface area contributed by atoms with E-state index in [-0.39, 0.29) is 11.5 Å². The molecular formula is C13H13NO5S. The molecule has 0 aliphatic rings. The van der Waals surface area contributed by atoms with Crippen LogP contribution >= 0.6 is 11.8 Å². The maximum absolute atomic E-state index is 11.4. The number of thioether (sulfide) groups is 1. The lowest BCUT2D eigenvalue weighted by molar-refractivity contribution is -0.137. The number of carboxylic acid groups (broad SMARTS) is 1. The molecule has 0 spiro atoms. The smallest absolute Gasteiger partial charge is 0.336 e. The van der Waals surface area contributed by atoms with Crippen molar-refractivity contribution in [2.45, 2.75) is 11.8 Å². The maximum atomic E-state index is 11.4. The van der Waals surface area contributed by atoms with Crippen molar-refractivity contribution in [1.82, 2.24) is 0 Å². The number of phenolic OH excluding ortho intramolecular Hbond substituents is 1. The van der Waals surface area contributed by atoms with Crippen LogP contribution in [0, 0.1) is 0 Å². The molecule has 0 aliphatic carbocycles. The highest BCUT2D eigenvalue weighted by molar-refractivity contribution is 7.98. The molecule has 4 N–H and O–H groups in total. The van der Waals surface area contributed by atoms with Gasteiger partial charge in [-0.15, -0.1) is 0 Å². The van der Waals surface area contributed by atoms with E-state index in [0.717, 1.165) is 5.56 Å². The normalized spacial score (nSPS) is 12.4. The van der Waals surface area contributed by atoms with Crippen LogP contribution in [0.25, 0.3) is 11.0 Å². The van der Waals surface area contributed by atoms with Gasteiger partial charge in [0.15, 0.2) is 0 Å². The van der Waals surface area contributed by atoms with Crippen LogP contribution < -0.4 is 11.4 Å². The van der Waals surface area contributed by atoms with Gasteiger partial charge in [0, 0.05) is 29.0 Å². The molecule has 6 nitrogen and oxygen atoms in total. The molecule has 2 aromatic rings. The number of phenols is 1. The van der Waals surface area contributed by atoms with Crippen LogP contribution in [0.3, 0.4) is 0 Å². The summed E-state index contributed by atoms with van der Waals surface area (Å²) in [6.07, 6.45) is 0. The van der Waals surface area contributed by atoms with Gasteiger partial charge in [0.2, 0.25) is 0 Å². The van der Waals surface area contributed by atoms with Crippen molar-refractivity contribution in [2.75, 3.05) is 5.75 Å². The van der Waals surface area contributed by atoms with E-state index in [1.165, 1.54) is 30.0 Å². The molecule has 106 valence electrons. The van der Waals surface area contributed by atoms with Gasteiger partial charge in [-0.3, -0.25) is 4.79 Å². The van der Waals surface area contributed by atoms with Crippen LogP contribution in [-0.2, 0) is 10.5 Å². The van der Waals surface area contributed by atoms with E-state index in [4.69, 9.17) is 15.3 Å². The third-order valence-electron chi connectivity index (χ3n) is 2.69. The van der Waals surface area contributed by atoms with Crippen LogP contribution in [0.2, 0.25) is 0 Å². The lowest BCUT2D eigenvalue weighted by Crippen LogP contribution is -2.32. The molecule has 0 aliphatic heterocycles. The highest BCUT2D eigenvalue weighted by Gasteiger charge is 2.12. The molecule has 1 aromatic heterocycles. The average molecular weight is 295 g/mol. The van der Waals surface area contributed by atoms with E-state index in [0.29, 0.717) is 16.7 Å². The van der Waals surface area contributed by atoms with Crippen molar-refractivity contribution in [3.63, 3.8) is 0 Å². The van der Waals surface area contributed by atoms with E-state index >= 15 is 0 Å². The van der Waals surface area contributed by atoms with Crippen molar-refractivity contribution < 1.29 is 19.4 Å². The standard InChI is InChI=1S/C13H13NO5S/c14-10(13(17)18)6-20-5-7-3-12(16)19-11-4-8(15)1-2-9(7)11/h1-4,10,15H,5-6,14H2,(H,17,18)/t10-/m0/s1. The molecule has 0 radical (unpaired) electrons. The lowest BCUT2D eigenvalue weighted by atomic mass is 10.1. The summed E-state index contributed by atoms with van der Waals surface area (Å²) in [6.45, 7) is 0. The molecule has 2 rings (SSSR count). The topological polar surface area (TPSA) is 114 Å². The number of fused-ring (bicyclic) bond motifs is 1. The molecule has 0 bridgehead atoms. The molecule has 0 amide bonds. The van der Waals surface area contributed by atoms with Crippen molar-refractivity contribution in [3.8, 4) is 5.75 Å². The molecule has 0 saturated heterocycles. The zero-order valence-corrected chi connectivity index (χ0v) is 11.2. The van der Waals surface area contributed by atoms with Gasteiger partial charge in [-0.25, -0.2) is 4.79 Å². The SMILES string of the molecule is N[C@@H](CSCc1cc(=O)oc2cc(O)ccc12)C(=O)O. The quantitative estimate of drug-likeness (QED) is 0.709. The highest BCUT2D eigenvalue weighted by atomic mass is 32.2. The van der Waals surface area contributed by atoms with Crippen LogP contribution in [0.4, 0.5) is 0 Å². The molecule has 1 aromatic carbocycles. The van der Waals surface area contributed by atoms with Crippen LogP contribution in [0.5, 0.6) is 5.75 Å². The van der Waals surface area contributed by atoms with Crippen molar-refractivity contribution >= 4 is 28.7 Å². The van der Waals surface area contributed by atoms with Gasteiger partial charge in [0.25, 0.3) is 0 Å². The number of aliphatic carboxylic acids is 1. The summed E-state index contributed by atoms with van der Waals surface area (Å²) >= 11 is 1.32. The van der Waals surface area contributed by atoms with E-state index in [9.17, 15) is 14.7 Å². The molecule has 0 unspecified atom stereocenters. The Morgan fingerprint density at radius 2 is 2.15 bits per heavy atom. The Hall–Kier alpha value is -1.99. The summed E-state index contributed by atoms with van der Waals surface area (Å²) in [5.74, 6) is -0.360. The van der Waals surface area contributed by atoms with E-state index in [1.807, 2.05) is 0 Å². The van der Waals surface area contributed by atoms with Gasteiger partial charge in [0.1, 0.15) is 17.4 Å². The molecule has 7 heteroatoms. The van der Waals surface area contributed by atoms with Crippen molar-refractivity contribution in [2.24, 2.45) is 5.73 Å². The second-order valence-corrected chi connectivity index (χ2v) is 5.26. The summed E-state index contributed by atoms with van der Waals surface area (Å²) in [4.78, 5) is 22.1. The van der Waals surface area contributed by atoms with Gasteiger partial charge >= 0.3 is 11.6 Å². The lowest BCUT2D eigenvalue weighted by Gasteiger charge is -2.07. The molecular weight excluding hydrogens is 282 g/mol. The number of aromatic hydroxyl groups is 1. The predicted octanol–water partition coefficient (Wildman–Crippen LogP) is 1.14. The first-order valence-electron chi connectivity index (χ1n) is 5.79. The predicted molar refractivity (Wildman–Crippen MR) is 75.9 cm³/mol. The Balaban J connectivity index is 2.21. The van der Waals surface area contributed by atoms with E-state index < -0.39 is 17.6 Å². The third kappa shape index (κ3) is 3.31. The fourth-order valence-electron chi connectivity index (χ4n) is 1.71. The molecule has 0 fully saturated rings. The highest BCUT2D eigenvalue weighted by Crippen LogP contribution is 2.24. The van der Waals surface area contributed by atoms with Crippen LogP contribution in [0.15, 0.2) is 33.5 Å². The van der Waals surface area contributed by atoms with E-state index in [1.54, 1.807) is 6.07 Å². The Kier molecular flexibility index (Phi) is 4.31. The zero-order chi connectivity index (χ0) is 14.7. The first-order valence-corrected chi connectivity index (χ1v) is 6.94. The number of benzene rings is 1. The fraction of sp³-hybridized carbons (Fsp3) is 0.231. The zero-order valence-electron chi connectivity index (χ0n) is 10.4. The number of hydrogen-bond acceptors (Lipinski definition) is 6. The molecule has 1 atom stereocenters. The second kappa shape index (κ2) is 5.98. The van der Waals surface area contributed by atoms with Crippen molar-refractivity contribution in [3.05, 3.63) is 40.2 Å². The van der Waals surface area contributed by atoms with Crippen molar-refractivity contribution in [1.29, 1.82) is 0 Å².